The molecular formula is C35H42N5O6PS. The van der Waals surface area contributed by atoms with Crippen molar-refractivity contribution in [3.8, 4) is 6.07 Å². The molecule has 0 saturated carbocycles. The molecule has 11 nitrogen and oxygen atoms in total. The summed E-state index contributed by atoms with van der Waals surface area (Å²) in [6, 6.07) is 23.3. The molecule has 0 aliphatic rings. The van der Waals surface area contributed by atoms with E-state index < -0.39 is 16.1 Å². The predicted octanol–water partition coefficient (Wildman–Crippen LogP) is 3.95. The van der Waals surface area contributed by atoms with Gasteiger partial charge in [-0.15, -0.1) is 0 Å². The third kappa shape index (κ3) is 14.1. The van der Waals surface area contributed by atoms with Crippen LogP contribution in [0.1, 0.15) is 82.4 Å². The normalized spacial score (nSPS) is 11.6. The van der Waals surface area contributed by atoms with Crippen LogP contribution < -0.4 is 20.7 Å². The van der Waals surface area contributed by atoms with Gasteiger partial charge in [-0.3, -0.25) is 19.2 Å². The van der Waals surface area contributed by atoms with E-state index in [1.165, 1.54) is 6.07 Å². The predicted molar refractivity (Wildman–Crippen MR) is 187 cm³/mol. The molecule has 13 heteroatoms. The Balaban J connectivity index is 1.30. The fourth-order valence-electron chi connectivity index (χ4n) is 4.77. The summed E-state index contributed by atoms with van der Waals surface area (Å²) in [6.45, 7) is 1.15. The lowest BCUT2D eigenvalue weighted by atomic mass is 10.1. The van der Waals surface area contributed by atoms with E-state index in [1.54, 1.807) is 60.7 Å². The molecule has 254 valence electrons. The number of unbranched alkanes of at least 4 members (excludes halogenated alkanes) is 3. The third-order valence-corrected chi connectivity index (χ3v) is 9.16. The maximum Gasteiger partial charge on any atom is 0.251 e. The van der Waals surface area contributed by atoms with Gasteiger partial charge in [-0.25, -0.2) is 13.1 Å². The van der Waals surface area contributed by atoms with Gasteiger partial charge in [-0.1, -0.05) is 64.2 Å². The van der Waals surface area contributed by atoms with Gasteiger partial charge in [-0.05, 0) is 73.6 Å². The van der Waals surface area contributed by atoms with Crippen molar-refractivity contribution in [2.24, 2.45) is 0 Å². The summed E-state index contributed by atoms with van der Waals surface area (Å²) >= 11 is 0. The second-order valence-electron chi connectivity index (χ2n) is 11.3. The van der Waals surface area contributed by atoms with Crippen LogP contribution in [0, 0.1) is 11.3 Å². The topological polar surface area (TPSA) is 174 Å². The average molecular weight is 692 g/mol. The van der Waals surface area contributed by atoms with Gasteiger partial charge in [0.1, 0.15) is 0 Å². The van der Waals surface area contributed by atoms with E-state index in [0.29, 0.717) is 74.0 Å². The number of hydrogen-bond acceptors (Lipinski definition) is 7. The highest BCUT2D eigenvalue weighted by Crippen LogP contribution is 2.11. The fourth-order valence-corrected chi connectivity index (χ4v) is 6.52. The Hall–Kier alpha value is -4.43. The number of carbonyl (C=O) groups excluding carboxylic acids is 4. The summed E-state index contributed by atoms with van der Waals surface area (Å²) in [5.74, 6) is -0.920. The van der Waals surface area contributed by atoms with E-state index in [4.69, 9.17) is 5.26 Å². The first kappa shape index (κ1) is 38.0. The van der Waals surface area contributed by atoms with Crippen molar-refractivity contribution < 1.29 is 27.6 Å². The van der Waals surface area contributed by atoms with Gasteiger partial charge in [0.2, 0.25) is 15.9 Å². The Kier molecular flexibility index (Phi) is 15.9. The number of amides is 3. The van der Waals surface area contributed by atoms with Gasteiger partial charge in [0.25, 0.3) is 11.8 Å². The molecule has 3 rings (SSSR count). The molecule has 2 atom stereocenters. The average Bonchev–Trinajstić information content (AvgIpc) is 3.08. The lowest BCUT2D eigenvalue weighted by molar-refractivity contribution is -0.121. The number of nitrogens with one attached hydrogen (secondary N) is 4. The Morgan fingerprint density at radius 1 is 0.729 bits per heavy atom. The molecule has 48 heavy (non-hydrogen) atoms. The maximum absolute atomic E-state index is 12.7. The zero-order valence-corrected chi connectivity index (χ0v) is 28.7. The van der Waals surface area contributed by atoms with Gasteiger partial charge in [-0.2, -0.15) is 5.26 Å². The minimum atomic E-state index is -3.72. The molecule has 3 amide bonds. The minimum absolute atomic E-state index is 0.0557. The van der Waals surface area contributed by atoms with Gasteiger partial charge in [0.05, 0.1) is 23.4 Å². The summed E-state index contributed by atoms with van der Waals surface area (Å²) in [7, 11) is -1.69. The number of sulfonamides is 1. The molecule has 4 N–H and O–H groups in total. The van der Waals surface area contributed by atoms with Crippen LogP contribution in [-0.4, -0.2) is 50.8 Å². The first-order chi connectivity index (χ1) is 23.1. The summed E-state index contributed by atoms with van der Waals surface area (Å²) in [5.41, 5.74) is 2.45. The number of nitriles is 1. The summed E-state index contributed by atoms with van der Waals surface area (Å²) in [4.78, 5) is 49.5. The minimum Gasteiger partial charge on any atom is -0.352 e. The second kappa shape index (κ2) is 20.1. The van der Waals surface area contributed by atoms with Crippen molar-refractivity contribution in [3.05, 3.63) is 107 Å². The summed E-state index contributed by atoms with van der Waals surface area (Å²) < 4.78 is 27.6. The van der Waals surface area contributed by atoms with Crippen LogP contribution >= 0.6 is 9.24 Å². The first-order valence-electron chi connectivity index (χ1n) is 15.8. The van der Waals surface area contributed by atoms with Crippen molar-refractivity contribution in [3.63, 3.8) is 0 Å². The smallest absolute Gasteiger partial charge is 0.251 e. The van der Waals surface area contributed by atoms with Gasteiger partial charge in [0.15, 0.2) is 5.52 Å². The van der Waals surface area contributed by atoms with Crippen LogP contribution in [-0.2, 0) is 31.9 Å². The van der Waals surface area contributed by atoms with Crippen molar-refractivity contribution >= 4 is 42.5 Å². The Morgan fingerprint density at radius 3 is 1.96 bits per heavy atom. The first-order valence-corrected chi connectivity index (χ1v) is 18.0. The fraction of sp³-hybridized carbons (Fsp3) is 0.343. The highest BCUT2D eigenvalue weighted by Gasteiger charge is 2.22. The standard InChI is InChI=1S/C35H42N5O6PS/c36-23-26-16-18-27(19-17-26)24-39-32(41)15-5-2-7-20-37-33(42)29-12-9-13-30(22-29)34(43)38-21-8-6-14-31(35(44)47)40-48(45,46)25-28-10-3-1-4-11-28/h1,3-4,9-13,16-19,22,31,40H,2,5-8,14-15,20-21,24-25,47H2,(H,37,42)(H,38,43)(H,39,41)/t31-/m1/s1. The lowest BCUT2D eigenvalue weighted by Gasteiger charge is -2.16. The molecule has 0 fully saturated rings. The molecule has 0 radical (unpaired) electrons. The molecule has 0 spiro atoms. The SMILES string of the molecule is N#Cc1ccc(CNC(=O)CCCCCNC(=O)c2cccc(C(=O)NCCCC[C@@H](NS(=O)(=O)Cc3ccccc3)C(=O)P)c2)cc1. The van der Waals surface area contributed by atoms with Crippen molar-refractivity contribution in [2.75, 3.05) is 13.1 Å². The number of hydrogen-bond donors (Lipinski definition) is 4. The molecule has 0 aliphatic carbocycles. The molecule has 0 aromatic heterocycles. The Bertz CT molecular complexity index is 1680. The van der Waals surface area contributed by atoms with Crippen LogP contribution in [0.3, 0.4) is 0 Å². The highest BCUT2D eigenvalue weighted by atomic mass is 32.2. The third-order valence-electron chi connectivity index (χ3n) is 7.40. The second-order valence-corrected chi connectivity index (χ2v) is 13.6. The van der Waals surface area contributed by atoms with E-state index in [-0.39, 0.29) is 35.4 Å². The highest BCUT2D eigenvalue weighted by molar-refractivity contribution is 7.88. The largest absolute Gasteiger partial charge is 0.352 e. The van der Waals surface area contributed by atoms with Gasteiger partial charge < -0.3 is 16.0 Å². The molecule has 3 aromatic carbocycles. The molecule has 0 heterocycles. The molecule has 3 aromatic rings. The number of nitrogens with zero attached hydrogens (tertiary/aromatic N) is 1. The van der Waals surface area contributed by atoms with Crippen LogP contribution in [0.5, 0.6) is 0 Å². The van der Waals surface area contributed by atoms with Gasteiger partial charge >= 0.3 is 0 Å². The Morgan fingerprint density at radius 2 is 1.35 bits per heavy atom. The molecule has 1 unspecified atom stereocenters. The van der Waals surface area contributed by atoms with Crippen molar-refractivity contribution in [1.29, 1.82) is 5.26 Å². The number of benzene rings is 3. The number of carbonyl (C=O) groups is 4. The Labute approximate surface area is 284 Å². The molecule has 0 saturated heterocycles. The number of rotatable bonds is 20. The summed E-state index contributed by atoms with van der Waals surface area (Å²) in [5, 5.41) is 17.4. The van der Waals surface area contributed by atoms with Crippen LogP contribution in [0.2, 0.25) is 0 Å². The summed E-state index contributed by atoms with van der Waals surface area (Å²) in [6.07, 6.45) is 3.85. The van der Waals surface area contributed by atoms with Crippen LogP contribution in [0.15, 0.2) is 78.9 Å². The molecular weight excluding hydrogens is 649 g/mol. The van der Waals surface area contributed by atoms with E-state index in [2.05, 4.69) is 26.7 Å². The van der Waals surface area contributed by atoms with Crippen molar-refractivity contribution in [1.82, 2.24) is 20.7 Å². The van der Waals surface area contributed by atoms with Crippen molar-refractivity contribution in [2.45, 2.75) is 63.3 Å². The van der Waals surface area contributed by atoms with E-state index >= 15 is 0 Å². The quantitative estimate of drug-likeness (QED) is 0.103. The zero-order valence-electron chi connectivity index (χ0n) is 26.7. The van der Waals surface area contributed by atoms with Crippen LogP contribution in [0.25, 0.3) is 0 Å². The van der Waals surface area contributed by atoms with E-state index in [1.807, 2.05) is 21.4 Å². The van der Waals surface area contributed by atoms with E-state index in [0.717, 1.165) is 12.0 Å². The van der Waals surface area contributed by atoms with E-state index in [9.17, 15) is 27.6 Å². The zero-order chi connectivity index (χ0) is 34.8. The molecule has 0 aliphatic heterocycles. The monoisotopic (exact) mass is 691 g/mol. The molecule has 0 bridgehead atoms. The maximum atomic E-state index is 12.7. The van der Waals surface area contributed by atoms with Crippen LogP contribution in [0.4, 0.5) is 0 Å². The van der Waals surface area contributed by atoms with Gasteiger partial charge in [0, 0.05) is 37.2 Å². The lowest BCUT2D eigenvalue weighted by Crippen LogP contribution is -2.39.